The van der Waals surface area contributed by atoms with E-state index in [0.29, 0.717) is 25.1 Å². The summed E-state index contributed by atoms with van der Waals surface area (Å²) in [5.74, 6) is -3.35. The zero-order valence-electron chi connectivity index (χ0n) is 22.0. The Morgan fingerprint density at radius 2 is 1.95 bits per heavy atom. The minimum Gasteiger partial charge on any atom is -0.389 e. The lowest BCUT2D eigenvalue weighted by Gasteiger charge is -2.29. The lowest BCUT2D eigenvalue weighted by molar-refractivity contribution is -0.129. The summed E-state index contributed by atoms with van der Waals surface area (Å²) in [7, 11) is 0. The van der Waals surface area contributed by atoms with Crippen molar-refractivity contribution >= 4 is 11.8 Å². The number of carbonyl (C=O) groups excluding carboxylic acids is 2. The van der Waals surface area contributed by atoms with Crippen molar-refractivity contribution in [2.45, 2.75) is 69.9 Å². The molecule has 2 aromatic carbocycles. The van der Waals surface area contributed by atoms with Crippen LogP contribution in [0.4, 0.5) is 13.2 Å². The first kappa shape index (κ1) is 29.0. The number of amides is 2. The normalized spacial score (nSPS) is 22.7. The van der Waals surface area contributed by atoms with Gasteiger partial charge in [-0.3, -0.25) is 9.59 Å². The number of likely N-dealkylation sites (tertiary alicyclic amines) is 1. The molecule has 3 N–H and O–H groups in total. The lowest BCUT2D eigenvalue weighted by Crippen LogP contribution is -2.53. The van der Waals surface area contributed by atoms with Crippen molar-refractivity contribution in [2.75, 3.05) is 19.7 Å². The predicted molar refractivity (Wildman–Crippen MR) is 139 cm³/mol. The molecule has 10 heteroatoms. The topological polar surface area (TPSA) is 90.9 Å². The van der Waals surface area contributed by atoms with E-state index in [9.17, 15) is 27.9 Å². The summed E-state index contributed by atoms with van der Waals surface area (Å²) in [5, 5.41) is 17.4. The first-order valence-corrected chi connectivity index (χ1v) is 13.5. The third-order valence-corrected chi connectivity index (χ3v) is 7.41. The number of hydrogen-bond acceptors (Lipinski definition) is 5. The molecule has 0 aromatic heterocycles. The molecule has 39 heavy (non-hydrogen) atoms. The van der Waals surface area contributed by atoms with Crippen LogP contribution in [0.25, 0.3) is 0 Å². The highest BCUT2D eigenvalue weighted by molar-refractivity contribution is 5.89. The van der Waals surface area contributed by atoms with Gasteiger partial charge in [0.05, 0.1) is 24.2 Å². The molecule has 2 aliphatic heterocycles. The third kappa shape index (κ3) is 7.80. The average Bonchev–Trinajstić information content (AvgIpc) is 3.51. The molecule has 212 valence electrons. The van der Waals surface area contributed by atoms with E-state index < -0.39 is 47.5 Å². The van der Waals surface area contributed by atoms with Crippen molar-refractivity contribution in [3.8, 4) is 0 Å². The van der Waals surface area contributed by atoms with Crippen LogP contribution in [0.3, 0.4) is 0 Å². The maximum atomic E-state index is 14.1. The summed E-state index contributed by atoms with van der Waals surface area (Å²) < 4.78 is 47.8. The van der Waals surface area contributed by atoms with Crippen molar-refractivity contribution in [3.05, 3.63) is 71.0 Å². The Morgan fingerprint density at radius 1 is 1.21 bits per heavy atom. The maximum absolute atomic E-state index is 14.1. The van der Waals surface area contributed by atoms with Crippen LogP contribution < -0.4 is 10.6 Å². The fourth-order valence-corrected chi connectivity index (χ4v) is 5.27. The number of nitrogens with one attached hydrogen (secondary N) is 2. The summed E-state index contributed by atoms with van der Waals surface area (Å²) in [5.41, 5.74) is 0.644. The SMILES string of the molecule is CCCCO[C@H]1CN[C@@H]([C@@H](O)[C@H](Cc2cc(F)cc(F)c2)NC(=O)C2CC(=O)N(Cc3ccccc3F)C2)C1. The number of carbonyl (C=O) groups is 2. The lowest BCUT2D eigenvalue weighted by atomic mass is 9.94. The first-order chi connectivity index (χ1) is 18.7. The minimum absolute atomic E-state index is 0.0132. The molecule has 0 saturated carbocycles. The van der Waals surface area contributed by atoms with Gasteiger partial charge < -0.3 is 25.4 Å². The smallest absolute Gasteiger partial charge is 0.225 e. The summed E-state index contributed by atoms with van der Waals surface area (Å²) >= 11 is 0. The molecule has 0 aliphatic carbocycles. The molecule has 1 unspecified atom stereocenters. The van der Waals surface area contributed by atoms with Crippen LogP contribution in [-0.4, -0.2) is 65.8 Å². The van der Waals surface area contributed by atoms with Crippen molar-refractivity contribution in [1.29, 1.82) is 0 Å². The van der Waals surface area contributed by atoms with Gasteiger partial charge >= 0.3 is 0 Å². The number of aliphatic hydroxyl groups excluding tert-OH is 1. The van der Waals surface area contributed by atoms with E-state index in [1.54, 1.807) is 18.2 Å². The molecule has 4 rings (SSSR count). The van der Waals surface area contributed by atoms with E-state index >= 15 is 0 Å². The second-order valence-electron chi connectivity index (χ2n) is 10.5. The van der Waals surface area contributed by atoms with E-state index in [1.165, 1.54) is 23.1 Å². The third-order valence-electron chi connectivity index (χ3n) is 7.41. The standard InChI is InChI=1S/C29H36F3N3O4/c1-2-3-8-39-23-14-25(33-15-23)28(37)26(11-18-9-21(30)13-22(31)10-18)34-29(38)20-12-27(36)35(17-20)16-19-6-4-5-7-24(19)32/h4-7,9-10,13,20,23,25-26,28,33,37H,2-3,8,11-12,14-17H2,1H3,(H,34,38)/t20?,23-,25-,26+,28-/m1/s1. The van der Waals surface area contributed by atoms with Crippen LogP contribution in [0.15, 0.2) is 42.5 Å². The van der Waals surface area contributed by atoms with Gasteiger partial charge in [-0.2, -0.15) is 0 Å². The summed E-state index contributed by atoms with van der Waals surface area (Å²) in [6.45, 7) is 3.39. The van der Waals surface area contributed by atoms with Crippen molar-refractivity contribution in [1.82, 2.24) is 15.5 Å². The fourth-order valence-electron chi connectivity index (χ4n) is 5.27. The van der Waals surface area contributed by atoms with Gasteiger partial charge in [-0.25, -0.2) is 13.2 Å². The molecular formula is C29H36F3N3O4. The van der Waals surface area contributed by atoms with Crippen molar-refractivity contribution in [2.24, 2.45) is 5.92 Å². The van der Waals surface area contributed by atoms with Crippen molar-refractivity contribution < 1.29 is 32.6 Å². The Kier molecular flexibility index (Phi) is 9.99. The molecule has 2 fully saturated rings. The Bertz CT molecular complexity index is 1130. The number of aliphatic hydroxyl groups is 1. The van der Waals surface area contributed by atoms with E-state index in [-0.39, 0.29) is 43.5 Å². The van der Waals surface area contributed by atoms with Gasteiger partial charge in [-0.05, 0) is 43.0 Å². The van der Waals surface area contributed by atoms with Gasteiger partial charge in [0, 0.05) is 50.3 Å². The van der Waals surface area contributed by atoms with Gasteiger partial charge in [0.2, 0.25) is 11.8 Å². The molecule has 2 aromatic rings. The molecule has 2 aliphatic rings. The monoisotopic (exact) mass is 547 g/mol. The number of ether oxygens (including phenoxy) is 1. The maximum Gasteiger partial charge on any atom is 0.225 e. The molecule has 2 heterocycles. The average molecular weight is 548 g/mol. The molecule has 0 bridgehead atoms. The van der Waals surface area contributed by atoms with Gasteiger partial charge in [-0.1, -0.05) is 31.5 Å². The molecule has 5 atom stereocenters. The number of halogens is 3. The number of nitrogens with zero attached hydrogens (tertiary/aromatic N) is 1. The number of rotatable bonds is 12. The summed E-state index contributed by atoms with van der Waals surface area (Å²) in [6, 6.07) is 7.98. The molecule has 2 amide bonds. The number of hydrogen-bond donors (Lipinski definition) is 3. The molecular weight excluding hydrogens is 511 g/mol. The Morgan fingerprint density at radius 3 is 2.67 bits per heavy atom. The Hall–Kier alpha value is -2.95. The molecule has 2 saturated heterocycles. The zero-order valence-corrected chi connectivity index (χ0v) is 22.0. The van der Waals surface area contributed by atoms with E-state index in [1.807, 2.05) is 0 Å². The van der Waals surface area contributed by atoms with Crippen LogP contribution in [0, 0.1) is 23.4 Å². The highest BCUT2D eigenvalue weighted by Crippen LogP contribution is 2.24. The van der Waals surface area contributed by atoms with Gasteiger partial charge in [0.15, 0.2) is 0 Å². The largest absolute Gasteiger partial charge is 0.389 e. The Balaban J connectivity index is 1.43. The quantitative estimate of drug-likeness (QED) is 0.356. The minimum atomic E-state index is -1.08. The van der Waals surface area contributed by atoms with Crippen LogP contribution >= 0.6 is 0 Å². The van der Waals surface area contributed by atoms with E-state index in [2.05, 4.69) is 17.6 Å². The second-order valence-corrected chi connectivity index (χ2v) is 10.5. The van der Waals surface area contributed by atoms with Gasteiger partial charge in [-0.15, -0.1) is 0 Å². The predicted octanol–water partition coefficient (Wildman–Crippen LogP) is 3.09. The first-order valence-electron chi connectivity index (χ1n) is 13.5. The van der Waals surface area contributed by atoms with Gasteiger partial charge in [0.1, 0.15) is 17.5 Å². The van der Waals surface area contributed by atoms with Gasteiger partial charge in [0.25, 0.3) is 0 Å². The van der Waals surface area contributed by atoms with E-state index in [0.717, 1.165) is 18.9 Å². The van der Waals surface area contributed by atoms with Crippen molar-refractivity contribution in [3.63, 3.8) is 0 Å². The number of unbranched alkanes of at least 4 members (excludes halogenated alkanes) is 1. The number of benzene rings is 2. The van der Waals surface area contributed by atoms with Crippen LogP contribution in [0.2, 0.25) is 0 Å². The van der Waals surface area contributed by atoms with Crippen LogP contribution in [-0.2, 0) is 27.3 Å². The van der Waals surface area contributed by atoms with Crippen LogP contribution in [0.5, 0.6) is 0 Å². The summed E-state index contributed by atoms with van der Waals surface area (Å²) in [6.07, 6.45) is 1.24. The Labute approximate surface area is 226 Å². The second kappa shape index (κ2) is 13.4. The fraction of sp³-hybridized carbons (Fsp3) is 0.517. The highest BCUT2D eigenvalue weighted by Gasteiger charge is 2.39. The molecule has 0 radical (unpaired) electrons. The highest BCUT2D eigenvalue weighted by atomic mass is 19.1. The van der Waals surface area contributed by atoms with Crippen LogP contribution in [0.1, 0.15) is 43.7 Å². The zero-order chi connectivity index (χ0) is 27.9. The van der Waals surface area contributed by atoms with E-state index in [4.69, 9.17) is 4.74 Å². The summed E-state index contributed by atoms with van der Waals surface area (Å²) in [4.78, 5) is 27.3. The molecule has 7 nitrogen and oxygen atoms in total. The molecule has 0 spiro atoms.